The third-order valence-electron chi connectivity index (χ3n) is 1.77. The predicted molar refractivity (Wildman–Crippen MR) is 59.3 cm³/mol. The van der Waals surface area contributed by atoms with Crippen molar-refractivity contribution in [2.75, 3.05) is 0 Å². The van der Waals surface area contributed by atoms with Crippen LogP contribution in [-0.4, -0.2) is 18.9 Å². The van der Waals surface area contributed by atoms with E-state index in [0.29, 0.717) is 6.07 Å². The Morgan fingerprint density at radius 2 is 1.78 bits per heavy atom. The van der Waals surface area contributed by atoms with Crippen molar-refractivity contribution >= 4 is 10.0 Å². The van der Waals surface area contributed by atoms with Gasteiger partial charge in [-0.25, -0.2) is 18.1 Å². The van der Waals surface area contributed by atoms with Crippen molar-refractivity contribution < 1.29 is 21.6 Å². The largest absolute Gasteiger partial charge is 0.419 e. The molecule has 0 unspecified atom stereocenters. The molecule has 0 spiro atoms. The zero-order valence-corrected chi connectivity index (χ0v) is 10.9. The van der Waals surface area contributed by atoms with Gasteiger partial charge in [-0.2, -0.15) is 13.2 Å². The molecule has 1 N–H and O–H groups in total. The lowest BCUT2D eigenvalue weighted by molar-refractivity contribution is -0.140. The number of rotatable bonds is 2. The van der Waals surface area contributed by atoms with E-state index >= 15 is 0 Å². The van der Waals surface area contributed by atoms with Crippen molar-refractivity contribution in [2.45, 2.75) is 37.5 Å². The number of halogens is 3. The molecule has 0 aromatic carbocycles. The lowest BCUT2D eigenvalue weighted by Gasteiger charge is -2.21. The fraction of sp³-hybridized carbons (Fsp3) is 0.500. The van der Waals surface area contributed by atoms with E-state index in [1.165, 1.54) is 20.8 Å². The molecule has 102 valence electrons. The van der Waals surface area contributed by atoms with Crippen molar-refractivity contribution in [3.63, 3.8) is 0 Å². The summed E-state index contributed by atoms with van der Waals surface area (Å²) in [6.45, 7) is 4.59. The summed E-state index contributed by atoms with van der Waals surface area (Å²) in [4.78, 5) is 3.33. The van der Waals surface area contributed by atoms with Gasteiger partial charge < -0.3 is 0 Å². The summed E-state index contributed by atoms with van der Waals surface area (Å²) in [7, 11) is -4.31. The highest BCUT2D eigenvalue weighted by atomic mass is 32.2. The Hall–Kier alpha value is -1.15. The Bertz CT molecular complexity index is 533. The Balaban J connectivity index is 3.35. The second-order valence-electron chi connectivity index (χ2n) is 4.71. The first kappa shape index (κ1) is 14.9. The normalized spacial score (nSPS) is 13.7. The van der Waals surface area contributed by atoms with Gasteiger partial charge in [0, 0.05) is 11.7 Å². The Labute approximate surface area is 103 Å². The van der Waals surface area contributed by atoms with Crippen LogP contribution >= 0.6 is 0 Å². The molecule has 8 heteroatoms. The molecule has 18 heavy (non-hydrogen) atoms. The molecule has 0 saturated carbocycles. The van der Waals surface area contributed by atoms with Crippen LogP contribution in [0.3, 0.4) is 0 Å². The molecule has 0 amide bonds. The maximum absolute atomic E-state index is 12.7. The topological polar surface area (TPSA) is 59.1 Å². The van der Waals surface area contributed by atoms with Gasteiger partial charge in [-0.05, 0) is 32.9 Å². The highest BCUT2D eigenvalue weighted by Gasteiger charge is 2.38. The third kappa shape index (κ3) is 3.67. The third-order valence-corrected chi connectivity index (χ3v) is 3.49. The molecule has 0 aliphatic carbocycles. The second kappa shape index (κ2) is 4.51. The summed E-state index contributed by atoms with van der Waals surface area (Å²) in [5.41, 5.74) is -2.17. The highest BCUT2D eigenvalue weighted by Crippen LogP contribution is 2.33. The molecule has 0 radical (unpaired) electrons. The summed E-state index contributed by atoms with van der Waals surface area (Å²) in [5.74, 6) is 0. The van der Waals surface area contributed by atoms with Crippen molar-refractivity contribution in [3.05, 3.63) is 23.9 Å². The summed E-state index contributed by atoms with van der Waals surface area (Å²) in [6.07, 6.45) is -3.76. The summed E-state index contributed by atoms with van der Waals surface area (Å²) in [5, 5.41) is -1.01. The van der Waals surface area contributed by atoms with Crippen molar-refractivity contribution in [1.82, 2.24) is 9.71 Å². The fourth-order valence-electron chi connectivity index (χ4n) is 1.27. The van der Waals surface area contributed by atoms with Gasteiger partial charge in [0.1, 0.15) is 0 Å². The van der Waals surface area contributed by atoms with Gasteiger partial charge in [-0.3, -0.25) is 0 Å². The molecule has 1 aromatic rings. The zero-order valence-electron chi connectivity index (χ0n) is 10.0. The Kier molecular flexibility index (Phi) is 3.73. The van der Waals surface area contributed by atoms with Gasteiger partial charge in [0.05, 0.1) is 5.56 Å². The van der Waals surface area contributed by atoms with Gasteiger partial charge in [0.25, 0.3) is 10.0 Å². The van der Waals surface area contributed by atoms with Gasteiger partial charge >= 0.3 is 6.18 Å². The van der Waals surface area contributed by atoms with E-state index in [0.717, 1.165) is 12.3 Å². The number of nitrogens with one attached hydrogen (secondary N) is 1. The van der Waals surface area contributed by atoms with E-state index in [1.807, 2.05) is 0 Å². The number of hydrogen-bond acceptors (Lipinski definition) is 3. The molecule has 1 heterocycles. The standard InChI is InChI=1S/C10H13F3N2O2S/c1-9(2,3)15-18(16,17)8-7(10(11,12)13)5-4-6-14-8/h4-6,15H,1-3H3. The molecule has 0 saturated heterocycles. The Morgan fingerprint density at radius 3 is 2.22 bits per heavy atom. The molecule has 0 aliphatic heterocycles. The lowest BCUT2D eigenvalue weighted by atomic mass is 10.1. The van der Waals surface area contributed by atoms with E-state index in [2.05, 4.69) is 9.71 Å². The van der Waals surface area contributed by atoms with E-state index in [-0.39, 0.29) is 0 Å². The van der Waals surface area contributed by atoms with Gasteiger partial charge in [-0.1, -0.05) is 0 Å². The molecule has 1 aromatic heterocycles. The molecule has 1 rings (SSSR count). The number of alkyl halides is 3. The van der Waals surface area contributed by atoms with Crippen molar-refractivity contribution in [1.29, 1.82) is 0 Å². The van der Waals surface area contributed by atoms with Gasteiger partial charge in [0.2, 0.25) is 0 Å². The lowest BCUT2D eigenvalue weighted by Crippen LogP contribution is -2.41. The first-order chi connectivity index (χ1) is 7.93. The van der Waals surface area contributed by atoms with Crippen LogP contribution in [0.25, 0.3) is 0 Å². The summed E-state index contributed by atoms with van der Waals surface area (Å²) < 4.78 is 63.9. The van der Waals surface area contributed by atoms with E-state index in [9.17, 15) is 21.6 Å². The molecule has 0 fully saturated rings. The van der Waals surface area contributed by atoms with E-state index in [1.54, 1.807) is 0 Å². The Morgan fingerprint density at radius 1 is 1.22 bits per heavy atom. The zero-order chi connectivity index (χ0) is 14.2. The average Bonchev–Trinajstić information content (AvgIpc) is 2.12. The van der Waals surface area contributed by atoms with Crippen LogP contribution < -0.4 is 4.72 Å². The van der Waals surface area contributed by atoms with Gasteiger partial charge in [-0.15, -0.1) is 0 Å². The molecular formula is C10H13F3N2O2S. The highest BCUT2D eigenvalue weighted by molar-refractivity contribution is 7.89. The second-order valence-corrected chi connectivity index (χ2v) is 6.31. The van der Waals surface area contributed by atoms with Crippen LogP contribution in [0.15, 0.2) is 23.4 Å². The minimum absolute atomic E-state index is 0.685. The number of hydrogen-bond donors (Lipinski definition) is 1. The summed E-state index contributed by atoms with van der Waals surface area (Å²) in [6, 6.07) is 1.73. The minimum Gasteiger partial charge on any atom is -0.243 e. The SMILES string of the molecule is CC(C)(C)NS(=O)(=O)c1ncccc1C(F)(F)F. The van der Waals surface area contributed by atoms with Crippen molar-refractivity contribution in [3.8, 4) is 0 Å². The van der Waals surface area contributed by atoms with Crippen LogP contribution in [0, 0.1) is 0 Å². The average molecular weight is 282 g/mol. The summed E-state index contributed by atoms with van der Waals surface area (Å²) >= 11 is 0. The minimum atomic E-state index is -4.77. The fourth-order valence-corrected chi connectivity index (χ4v) is 2.85. The molecule has 0 aliphatic rings. The van der Waals surface area contributed by atoms with Crippen LogP contribution in [0.5, 0.6) is 0 Å². The van der Waals surface area contributed by atoms with Crippen LogP contribution in [-0.2, 0) is 16.2 Å². The monoisotopic (exact) mass is 282 g/mol. The number of sulfonamides is 1. The number of aromatic nitrogens is 1. The predicted octanol–water partition coefficient (Wildman–Crippen LogP) is 2.18. The molecular weight excluding hydrogens is 269 g/mol. The molecule has 0 bridgehead atoms. The number of nitrogens with zero attached hydrogens (tertiary/aromatic N) is 1. The first-order valence-electron chi connectivity index (χ1n) is 5.00. The van der Waals surface area contributed by atoms with E-state index < -0.39 is 32.3 Å². The van der Waals surface area contributed by atoms with E-state index in [4.69, 9.17) is 0 Å². The van der Waals surface area contributed by atoms with Crippen LogP contribution in [0.2, 0.25) is 0 Å². The first-order valence-corrected chi connectivity index (χ1v) is 6.48. The maximum atomic E-state index is 12.7. The smallest absolute Gasteiger partial charge is 0.243 e. The molecule has 0 atom stereocenters. The maximum Gasteiger partial charge on any atom is 0.419 e. The quantitative estimate of drug-likeness (QED) is 0.904. The van der Waals surface area contributed by atoms with Crippen molar-refractivity contribution in [2.24, 2.45) is 0 Å². The van der Waals surface area contributed by atoms with Crippen LogP contribution in [0.1, 0.15) is 26.3 Å². The van der Waals surface area contributed by atoms with Crippen LogP contribution in [0.4, 0.5) is 13.2 Å². The molecule has 4 nitrogen and oxygen atoms in total. The van der Waals surface area contributed by atoms with Gasteiger partial charge in [0.15, 0.2) is 5.03 Å². The number of pyridine rings is 1.